The molecule has 2 aromatic rings. The summed E-state index contributed by atoms with van der Waals surface area (Å²) < 4.78 is 0. The van der Waals surface area contributed by atoms with Gasteiger partial charge < -0.3 is 5.32 Å². The summed E-state index contributed by atoms with van der Waals surface area (Å²) in [7, 11) is 0. The van der Waals surface area contributed by atoms with Crippen molar-refractivity contribution in [3.05, 3.63) is 54.1 Å². The van der Waals surface area contributed by atoms with Crippen molar-refractivity contribution < 1.29 is 0 Å². The Morgan fingerprint density at radius 3 is 2.67 bits per heavy atom. The molecule has 0 amide bonds. The third-order valence-electron chi connectivity index (χ3n) is 3.88. The average Bonchev–Trinajstić information content (AvgIpc) is 2.47. The molecular formula is C17H19N. The van der Waals surface area contributed by atoms with E-state index in [2.05, 4.69) is 60.8 Å². The molecule has 0 bridgehead atoms. The van der Waals surface area contributed by atoms with E-state index in [0.717, 1.165) is 12.5 Å². The highest BCUT2D eigenvalue weighted by Gasteiger charge is 2.16. The molecule has 0 saturated carbocycles. The van der Waals surface area contributed by atoms with Gasteiger partial charge in [0.1, 0.15) is 0 Å². The Kier molecular flexibility index (Phi) is 3.06. The number of fused-ring (bicyclic) bond motifs is 1. The fourth-order valence-corrected chi connectivity index (χ4v) is 2.67. The molecule has 0 aromatic heterocycles. The number of anilines is 1. The zero-order valence-electron chi connectivity index (χ0n) is 10.8. The quantitative estimate of drug-likeness (QED) is 0.819. The molecule has 18 heavy (non-hydrogen) atoms. The Bertz CT molecular complexity index is 531. The zero-order valence-corrected chi connectivity index (χ0v) is 10.8. The molecule has 1 nitrogen and oxygen atoms in total. The van der Waals surface area contributed by atoms with Crippen molar-refractivity contribution >= 4 is 5.69 Å². The van der Waals surface area contributed by atoms with Gasteiger partial charge >= 0.3 is 0 Å². The summed E-state index contributed by atoms with van der Waals surface area (Å²) in [6, 6.07) is 17.4. The minimum absolute atomic E-state index is 0.781. The maximum atomic E-state index is 3.54. The van der Waals surface area contributed by atoms with Crippen molar-refractivity contribution in [3.8, 4) is 11.1 Å². The van der Waals surface area contributed by atoms with Gasteiger partial charge in [-0.3, -0.25) is 0 Å². The maximum absolute atomic E-state index is 3.54. The van der Waals surface area contributed by atoms with E-state index in [1.54, 1.807) is 0 Å². The highest BCUT2D eigenvalue weighted by Crippen LogP contribution is 2.30. The highest BCUT2D eigenvalue weighted by molar-refractivity contribution is 5.69. The van der Waals surface area contributed by atoms with Gasteiger partial charge in [0, 0.05) is 12.2 Å². The van der Waals surface area contributed by atoms with E-state index >= 15 is 0 Å². The molecule has 92 valence electrons. The molecule has 3 rings (SSSR count). The second kappa shape index (κ2) is 4.85. The molecule has 1 unspecified atom stereocenters. The van der Waals surface area contributed by atoms with E-state index in [4.69, 9.17) is 0 Å². The zero-order chi connectivity index (χ0) is 12.4. The predicted octanol–water partition coefficient (Wildman–Crippen LogP) is 4.35. The molecule has 1 heterocycles. The normalized spacial score (nSPS) is 17.9. The van der Waals surface area contributed by atoms with Gasteiger partial charge in [-0.05, 0) is 41.2 Å². The Morgan fingerprint density at radius 1 is 1.06 bits per heavy atom. The summed E-state index contributed by atoms with van der Waals surface area (Å²) in [6.07, 6.45) is 2.46. The summed E-state index contributed by atoms with van der Waals surface area (Å²) in [5.41, 5.74) is 5.42. The molecule has 0 fully saturated rings. The molecule has 0 aliphatic carbocycles. The van der Waals surface area contributed by atoms with Crippen LogP contribution < -0.4 is 5.32 Å². The van der Waals surface area contributed by atoms with E-state index in [0.29, 0.717) is 0 Å². The number of benzene rings is 2. The van der Waals surface area contributed by atoms with Crippen LogP contribution in [0.4, 0.5) is 5.69 Å². The topological polar surface area (TPSA) is 12.0 Å². The number of rotatable bonds is 2. The van der Waals surface area contributed by atoms with E-state index in [-0.39, 0.29) is 0 Å². The first kappa shape index (κ1) is 11.3. The van der Waals surface area contributed by atoms with E-state index in [1.807, 2.05) is 0 Å². The van der Waals surface area contributed by atoms with Crippen LogP contribution in [0.2, 0.25) is 0 Å². The molecule has 0 spiro atoms. The molecular weight excluding hydrogens is 218 g/mol. The highest BCUT2D eigenvalue weighted by atomic mass is 14.9. The maximum Gasteiger partial charge on any atom is 0.0373 e. The van der Waals surface area contributed by atoms with Crippen molar-refractivity contribution in [1.82, 2.24) is 0 Å². The third kappa shape index (κ3) is 2.13. The van der Waals surface area contributed by atoms with Crippen LogP contribution in [0.5, 0.6) is 0 Å². The van der Waals surface area contributed by atoms with E-state index < -0.39 is 0 Å². The average molecular weight is 237 g/mol. The van der Waals surface area contributed by atoms with Crippen LogP contribution in [0.15, 0.2) is 48.5 Å². The third-order valence-corrected chi connectivity index (χ3v) is 3.88. The number of hydrogen-bond acceptors (Lipinski definition) is 1. The summed E-state index contributed by atoms with van der Waals surface area (Å²) >= 11 is 0. The fraction of sp³-hybridized carbons (Fsp3) is 0.294. The lowest BCUT2D eigenvalue weighted by atomic mass is 9.90. The summed E-state index contributed by atoms with van der Waals surface area (Å²) in [5, 5.41) is 3.54. The van der Waals surface area contributed by atoms with Crippen molar-refractivity contribution in [3.63, 3.8) is 0 Å². The van der Waals surface area contributed by atoms with Crippen molar-refractivity contribution in [2.75, 3.05) is 11.9 Å². The largest absolute Gasteiger partial charge is 0.385 e. The molecule has 2 aromatic carbocycles. The first-order chi connectivity index (χ1) is 8.86. The lowest BCUT2D eigenvalue weighted by molar-refractivity contribution is 0.521. The molecule has 0 saturated heterocycles. The minimum Gasteiger partial charge on any atom is -0.385 e. The lowest BCUT2D eigenvalue weighted by Gasteiger charge is -2.25. The monoisotopic (exact) mass is 237 g/mol. The SMILES string of the molecule is CCC1CNc2ccc(-c3ccccc3)cc2C1. The van der Waals surface area contributed by atoms with E-state index in [1.165, 1.54) is 35.2 Å². The van der Waals surface area contributed by atoms with Gasteiger partial charge in [-0.25, -0.2) is 0 Å². The number of nitrogens with one attached hydrogen (secondary N) is 1. The second-order valence-electron chi connectivity index (χ2n) is 5.10. The van der Waals surface area contributed by atoms with Crippen LogP contribution in [0.1, 0.15) is 18.9 Å². The smallest absolute Gasteiger partial charge is 0.0373 e. The molecule has 1 N–H and O–H groups in total. The van der Waals surface area contributed by atoms with E-state index in [9.17, 15) is 0 Å². The fourth-order valence-electron chi connectivity index (χ4n) is 2.67. The van der Waals surface area contributed by atoms with Crippen LogP contribution in [0.25, 0.3) is 11.1 Å². The Hall–Kier alpha value is -1.76. The molecule has 1 aliphatic rings. The van der Waals surface area contributed by atoms with Gasteiger partial charge in [-0.2, -0.15) is 0 Å². The van der Waals surface area contributed by atoms with Crippen molar-refractivity contribution in [1.29, 1.82) is 0 Å². The summed E-state index contributed by atoms with van der Waals surface area (Å²) in [5.74, 6) is 0.781. The van der Waals surface area contributed by atoms with Crippen LogP contribution in [-0.4, -0.2) is 6.54 Å². The second-order valence-corrected chi connectivity index (χ2v) is 5.10. The van der Waals surface area contributed by atoms with Gasteiger partial charge in [-0.1, -0.05) is 49.7 Å². The van der Waals surface area contributed by atoms with Gasteiger partial charge in [0.25, 0.3) is 0 Å². The standard InChI is InChI=1S/C17H19N/c1-2-13-10-16-11-15(8-9-17(16)18-12-13)14-6-4-3-5-7-14/h3-9,11,13,18H,2,10,12H2,1H3. The predicted molar refractivity (Wildman–Crippen MR) is 77.9 cm³/mol. The van der Waals surface area contributed by atoms with Crippen LogP contribution in [0.3, 0.4) is 0 Å². The summed E-state index contributed by atoms with van der Waals surface area (Å²) in [4.78, 5) is 0. The lowest BCUT2D eigenvalue weighted by Crippen LogP contribution is -2.22. The van der Waals surface area contributed by atoms with Crippen LogP contribution >= 0.6 is 0 Å². The molecule has 1 aliphatic heterocycles. The summed E-state index contributed by atoms with van der Waals surface area (Å²) in [6.45, 7) is 3.40. The Balaban J connectivity index is 1.96. The molecule has 1 heteroatoms. The molecule has 1 atom stereocenters. The Morgan fingerprint density at radius 2 is 1.89 bits per heavy atom. The van der Waals surface area contributed by atoms with Gasteiger partial charge in [0.05, 0.1) is 0 Å². The number of hydrogen-bond donors (Lipinski definition) is 1. The first-order valence-corrected chi connectivity index (χ1v) is 6.79. The molecule has 0 radical (unpaired) electrons. The van der Waals surface area contributed by atoms with Crippen molar-refractivity contribution in [2.45, 2.75) is 19.8 Å². The Labute approximate surface area is 109 Å². The van der Waals surface area contributed by atoms with Crippen molar-refractivity contribution in [2.24, 2.45) is 5.92 Å². The van der Waals surface area contributed by atoms with Gasteiger partial charge in [0.15, 0.2) is 0 Å². The van der Waals surface area contributed by atoms with Gasteiger partial charge in [-0.15, -0.1) is 0 Å². The minimum atomic E-state index is 0.781. The van der Waals surface area contributed by atoms with Crippen LogP contribution in [0, 0.1) is 5.92 Å². The first-order valence-electron chi connectivity index (χ1n) is 6.79. The van der Waals surface area contributed by atoms with Gasteiger partial charge in [0.2, 0.25) is 0 Å². The van der Waals surface area contributed by atoms with Crippen LogP contribution in [-0.2, 0) is 6.42 Å².